The van der Waals surface area contributed by atoms with Gasteiger partial charge >= 0.3 is 5.91 Å². The lowest BCUT2D eigenvalue weighted by atomic mass is 9.73. The smallest absolute Gasteiger partial charge is 0.305 e. The average Bonchev–Trinajstić information content (AvgIpc) is 3.09. The van der Waals surface area contributed by atoms with Crippen LogP contribution >= 0.6 is 11.6 Å². The molecule has 7 heteroatoms. The molecule has 3 aromatic rings. The second-order valence-corrected chi connectivity index (χ2v) is 7.54. The molecule has 0 atom stereocenters. The van der Waals surface area contributed by atoms with Crippen LogP contribution in [0, 0.1) is 6.92 Å². The first-order chi connectivity index (χ1) is 14.0. The number of fused-ring (bicyclic) bond motifs is 1. The van der Waals surface area contributed by atoms with Crippen LogP contribution in [0.25, 0.3) is 11.0 Å². The maximum Gasteiger partial charge on any atom is 0.305 e. The zero-order chi connectivity index (χ0) is 20.4. The third kappa shape index (κ3) is 3.50. The molecule has 2 aromatic carbocycles. The van der Waals surface area contributed by atoms with Crippen molar-refractivity contribution in [2.24, 2.45) is 0 Å². The lowest BCUT2D eigenvalue weighted by Crippen LogP contribution is -2.53. The second-order valence-electron chi connectivity index (χ2n) is 7.13. The minimum absolute atomic E-state index is 0.172. The van der Waals surface area contributed by atoms with Gasteiger partial charge in [-0.25, -0.2) is 0 Å². The number of halogens is 1. The number of benzene rings is 2. The first-order valence-corrected chi connectivity index (χ1v) is 9.82. The van der Waals surface area contributed by atoms with Gasteiger partial charge in [0.1, 0.15) is 5.58 Å². The van der Waals surface area contributed by atoms with E-state index in [-0.39, 0.29) is 11.7 Å². The quantitative estimate of drug-likeness (QED) is 0.639. The van der Waals surface area contributed by atoms with Crippen molar-refractivity contribution >= 4 is 34.4 Å². The first kappa shape index (κ1) is 19.5. The molecule has 1 aromatic heterocycles. The summed E-state index contributed by atoms with van der Waals surface area (Å²) in [7, 11) is 0. The minimum Gasteiger partial charge on any atom is -0.451 e. The molecule has 4 rings (SSSR count). The fourth-order valence-corrected chi connectivity index (χ4v) is 4.19. The van der Waals surface area contributed by atoms with Crippen molar-refractivity contribution in [3.63, 3.8) is 0 Å². The van der Waals surface area contributed by atoms with Crippen LogP contribution in [-0.2, 0) is 14.9 Å². The number of carbonyl (C=O) groups excluding carboxylic acids is 2. The second kappa shape index (κ2) is 7.89. The van der Waals surface area contributed by atoms with E-state index in [1.165, 1.54) is 0 Å². The predicted molar refractivity (Wildman–Crippen MR) is 110 cm³/mol. The van der Waals surface area contributed by atoms with Gasteiger partial charge in [0, 0.05) is 29.2 Å². The van der Waals surface area contributed by atoms with E-state index >= 15 is 0 Å². The number of para-hydroxylation sites is 1. The summed E-state index contributed by atoms with van der Waals surface area (Å²) in [6, 6.07) is 14.7. The number of rotatable bonds is 3. The Balaban J connectivity index is 1.56. The van der Waals surface area contributed by atoms with Crippen molar-refractivity contribution in [3.05, 3.63) is 70.4 Å². The number of hydrogen-bond donors (Lipinski definition) is 2. The van der Waals surface area contributed by atoms with Gasteiger partial charge in [0.15, 0.2) is 5.76 Å². The van der Waals surface area contributed by atoms with Crippen molar-refractivity contribution in [2.45, 2.75) is 25.2 Å². The zero-order valence-electron chi connectivity index (χ0n) is 16.0. The van der Waals surface area contributed by atoms with E-state index in [1.807, 2.05) is 43.3 Å². The highest BCUT2D eigenvalue weighted by Crippen LogP contribution is 2.38. The SMILES string of the molecule is Cc1c(C(=O)NNC(=O)C2(c3ccccc3Cl)CCOCC2)oc2ccccc12. The summed E-state index contributed by atoms with van der Waals surface area (Å²) in [5.74, 6) is -0.658. The number of amides is 2. The molecular weight excluding hydrogens is 392 g/mol. The van der Waals surface area contributed by atoms with E-state index < -0.39 is 11.3 Å². The number of hydrazine groups is 1. The van der Waals surface area contributed by atoms with Crippen LogP contribution in [0.4, 0.5) is 0 Å². The van der Waals surface area contributed by atoms with E-state index in [0.717, 1.165) is 16.5 Å². The summed E-state index contributed by atoms with van der Waals surface area (Å²) in [5.41, 5.74) is 6.28. The van der Waals surface area contributed by atoms with Crippen LogP contribution in [0.15, 0.2) is 52.9 Å². The maximum atomic E-state index is 13.2. The van der Waals surface area contributed by atoms with Crippen LogP contribution in [0.3, 0.4) is 0 Å². The summed E-state index contributed by atoms with van der Waals surface area (Å²) in [6.45, 7) is 2.69. The van der Waals surface area contributed by atoms with Crippen molar-refractivity contribution in [1.82, 2.24) is 10.9 Å². The molecule has 0 radical (unpaired) electrons. The molecule has 1 aliphatic heterocycles. The highest BCUT2D eigenvalue weighted by molar-refractivity contribution is 6.31. The summed E-state index contributed by atoms with van der Waals surface area (Å²) in [5, 5.41) is 1.38. The molecule has 1 saturated heterocycles. The van der Waals surface area contributed by atoms with Crippen molar-refractivity contribution in [1.29, 1.82) is 0 Å². The molecular formula is C22H21ClN2O4. The number of nitrogens with one attached hydrogen (secondary N) is 2. The Hall–Kier alpha value is -2.83. The molecule has 6 nitrogen and oxygen atoms in total. The number of ether oxygens (including phenoxy) is 1. The van der Waals surface area contributed by atoms with Gasteiger partial charge in [0.25, 0.3) is 0 Å². The normalized spacial score (nSPS) is 15.8. The molecule has 2 heterocycles. The van der Waals surface area contributed by atoms with Gasteiger partial charge in [0.2, 0.25) is 5.91 Å². The van der Waals surface area contributed by atoms with E-state index in [2.05, 4.69) is 10.9 Å². The molecule has 0 saturated carbocycles. The van der Waals surface area contributed by atoms with Gasteiger partial charge < -0.3 is 9.15 Å². The van der Waals surface area contributed by atoms with Crippen molar-refractivity contribution in [2.75, 3.05) is 13.2 Å². The number of furan rings is 1. The topological polar surface area (TPSA) is 80.6 Å². The van der Waals surface area contributed by atoms with Gasteiger partial charge in [-0.2, -0.15) is 0 Å². The first-order valence-electron chi connectivity index (χ1n) is 9.44. The number of aryl methyl sites for hydroxylation is 1. The largest absolute Gasteiger partial charge is 0.451 e. The van der Waals surface area contributed by atoms with Gasteiger partial charge in [-0.3, -0.25) is 20.4 Å². The number of hydrogen-bond acceptors (Lipinski definition) is 4. The van der Waals surface area contributed by atoms with Crippen LogP contribution in [0.1, 0.15) is 34.5 Å². The maximum absolute atomic E-state index is 13.2. The van der Waals surface area contributed by atoms with Crippen LogP contribution in [0.2, 0.25) is 5.02 Å². The van der Waals surface area contributed by atoms with Crippen LogP contribution in [-0.4, -0.2) is 25.0 Å². The Bertz CT molecular complexity index is 1070. The number of carbonyl (C=O) groups is 2. The fraction of sp³-hybridized carbons (Fsp3) is 0.273. The van der Waals surface area contributed by atoms with E-state index in [9.17, 15) is 9.59 Å². The molecule has 150 valence electrons. The Kier molecular flexibility index (Phi) is 5.30. The lowest BCUT2D eigenvalue weighted by Gasteiger charge is -2.36. The van der Waals surface area contributed by atoms with Gasteiger partial charge in [0.05, 0.1) is 5.41 Å². The molecule has 1 aliphatic rings. The molecule has 0 bridgehead atoms. The predicted octanol–water partition coefficient (Wildman–Crippen LogP) is 3.90. The summed E-state index contributed by atoms with van der Waals surface area (Å²) < 4.78 is 11.1. The highest BCUT2D eigenvalue weighted by atomic mass is 35.5. The molecule has 0 unspecified atom stereocenters. The average molecular weight is 413 g/mol. The van der Waals surface area contributed by atoms with E-state index in [4.69, 9.17) is 20.8 Å². The van der Waals surface area contributed by atoms with Gasteiger partial charge in [-0.15, -0.1) is 0 Å². The Morgan fingerprint density at radius 1 is 1.00 bits per heavy atom. The molecule has 0 spiro atoms. The molecule has 2 N–H and O–H groups in total. The molecule has 29 heavy (non-hydrogen) atoms. The third-order valence-electron chi connectivity index (χ3n) is 5.51. The lowest BCUT2D eigenvalue weighted by molar-refractivity contribution is -0.131. The van der Waals surface area contributed by atoms with Crippen LogP contribution < -0.4 is 10.9 Å². The van der Waals surface area contributed by atoms with Crippen molar-refractivity contribution < 1.29 is 18.7 Å². The van der Waals surface area contributed by atoms with Crippen molar-refractivity contribution in [3.8, 4) is 0 Å². The monoisotopic (exact) mass is 412 g/mol. The zero-order valence-corrected chi connectivity index (χ0v) is 16.7. The summed E-state index contributed by atoms with van der Waals surface area (Å²) >= 11 is 6.39. The van der Waals surface area contributed by atoms with E-state index in [0.29, 0.717) is 36.7 Å². The molecule has 0 aliphatic carbocycles. The highest BCUT2D eigenvalue weighted by Gasteiger charge is 2.43. The fourth-order valence-electron chi connectivity index (χ4n) is 3.87. The van der Waals surface area contributed by atoms with Crippen LogP contribution in [0.5, 0.6) is 0 Å². The molecule has 2 amide bonds. The summed E-state index contributed by atoms with van der Waals surface area (Å²) in [6.07, 6.45) is 0.949. The Morgan fingerprint density at radius 3 is 2.41 bits per heavy atom. The third-order valence-corrected chi connectivity index (χ3v) is 5.84. The summed E-state index contributed by atoms with van der Waals surface area (Å²) in [4.78, 5) is 25.9. The minimum atomic E-state index is -0.868. The Morgan fingerprint density at radius 2 is 1.69 bits per heavy atom. The standard InChI is InChI=1S/C22H21ClN2O4/c1-14-15-6-2-5-9-18(15)29-19(14)20(26)24-25-21(27)22(10-12-28-13-11-22)16-7-3-4-8-17(16)23/h2-9H,10-13H2,1H3,(H,24,26)(H,25,27). The Labute approximate surface area is 173 Å². The molecule has 1 fully saturated rings. The van der Waals surface area contributed by atoms with Gasteiger partial charge in [-0.1, -0.05) is 48.0 Å². The van der Waals surface area contributed by atoms with Gasteiger partial charge in [-0.05, 0) is 37.5 Å². The van der Waals surface area contributed by atoms with E-state index in [1.54, 1.807) is 12.1 Å².